The maximum Gasteiger partial charge on any atom is 0.291 e. The summed E-state index contributed by atoms with van der Waals surface area (Å²) in [6.07, 6.45) is 5.35. The predicted molar refractivity (Wildman–Crippen MR) is 91.0 cm³/mol. The van der Waals surface area contributed by atoms with Crippen molar-refractivity contribution in [3.05, 3.63) is 17.8 Å². The third kappa shape index (κ3) is 3.35. The number of carbonyl (C=O) groups is 1. The second-order valence-corrected chi connectivity index (χ2v) is 6.96. The lowest BCUT2D eigenvalue weighted by molar-refractivity contribution is -0.129. The van der Waals surface area contributed by atoms with Crippen molar-refractivity contribution >= 4 is 5.91 Å². The van der Waals surface area contributed by atoms with Gasteiger partial charge in [0.05, 0.1) is 11.3 Å². The van der Waals surface area contributed by atoms with Gasteiger partial charge in [0.25, 0.3) is 5.91 Å². The highest BCUT2D eigenvalue weighted by Gasteiger charge is 2.42. The van der Waals surface area contributed by atoms with Crippen LogP contribution in [0, 0.1) is 6.92 Å². The van der Waals surface area contributed by atoms with Crippen molar-refractivity contribution in [1.29, 1.82) is 0 Å². The summed E-state index contributed by atoms with van der Waals surface area (Å²) in [4.78, 5) is 21.0. The number of piperidine rings is 1. The van der Waals surface area contributed by atoms with Crippen LogP contribution < -0.4 is 0 Å². The molecule has 2 fully saturated rings. The summed E-state index contributed by atoms with van der Waals surface area (Å²) in [7, 11) is 0. The summed E-state index contributed by atoms with van der Waals surface area (Å²) >= 11 is 0. The molecule has 0 saturated carbocycles. The fourth-order valence-corrected chi connectivity index (χ4v) is 4.17. The van der Waals surface area contributed by atoms with E-state index in [0.717, 1.165) is 58.5 Å². The van der Waals surface area contributed by atoms with E-state index >= 15 is 0 Å². The number of ether oxygens (including phenoxy) is 1. The maximum atomic E-state index is 12.6. The molecule has 0 radical (unpaired) electrons. The highest BCUT2D eigenvalue weighted by atomic mass is 16.5. The minimum atomic E-state index is -0.0568. The first-order chi connectivity index (χ1) is 11.6. The minimum absolute atomic E-state index is 0.0454. The molecule has 2 aliphatic heterocycles. The standard InChI is InChI=1S/C18H29N3O3/c1-4-20(5-2)15-6-11-24-18(12-15)7-9-21(10-8-18)17(22)16-14(3)19-13-23-16/h13,15H,4-12H2,1-3H3. The van der Waals surface area contributed by atoms with Gasteiger partial charge in [-0.15, -0.1) is 0 Å². The summed E-state index contributed by atoms with van der Waals surface area (Å²) in [5, 5.41) is 0. The van der Waals surface area contributed by atoms with Crippen LogP contribution in [0.25, 0.3) is 0 Å². The number of nitrogens with zero attached hydrogens (tertiary/aromatic N) is 3. The zero-order valence-electron chi connectivity index (χ0n) is 15.1. The second kappa shape index (κ2) is 7.23. The Morgan fingerprint density at radius 3 is 2.67 bits per heavy atom. The van der Waals surface area contributed by atoms with Gasteiger partial charge in [0.15, 0.2) is 6.39 Å². The molecule has 3 rings (SSSR count). The van der Waals surface area contributed by atoms with E-state index in [2.05, 4.69) is 23.7 Å². The molecule has 24 heavy (non-hydrogen) atoms. The van der Waals surface area contributed by atoms with Crippen molar-refractivity contribution in [3.8, 4) is 0 Å². The first-order valence-corrected chi connectivity index (χ1v) is 9.16. The maximum absolute atomic E-state index is 12.6. The summed E-state index contributed by atoms with van der Waals surface area (Å²) in [6, 6.07) is 0.604. The Morgan fingerprint density at radius 1 is 1.38 bits per heavy atom. The van der Waals surface area contributed by atoms with E-state index in [1.807, 2.05) is 4.90 Å². The topological polar surface area (TPSA) is 58.8 Å². The molecule has 1 aromatic rings. The van der Waals surface area contributed by atoms with Gasteiger partial charge in [0, 0.05) is 25.7 Å². The van der Waals surface area contributed by atoms with Gasteiger partial charge >= 0.3 is 0 Å². The molecular formula is C18H29N3O3. The monoisotopic (exact) mass is 335 g/mol. The number of hydrogen-bond donors (Lipinski definition) is 0. The molecular weight excluding hydrogens is 306 g/mol. The van der Waals surface area contributed by atoms with Gasteiger partial charge in [-0.1, -0.05) is 13.8 Å². The highest BCUT2D eigenvalue weighted by molar-refractivity contribution is 5.92. The summed E-state index contributed by atoms with van der Waals surface area (Å²) in [5.41, 5.74) is 0.606. The van der Waals surface area contributed by atoms with E-state index in [1.165, 1.54) is 6.39 Å². The van der Waals surface area contributed by atoms with E-state index in [4.69, 9.17) is 9.15 Å². The van der Waals surface area contributed by atoms with Crippen molar-refractivity contribution in [1.82, 2.24) is 14.8 Å². The summed E-state index contributed by atoms with van der Waals surface area (Å²) < 4.78 is 11.5. The average molecular weight is 335 g/mol. The van der Waals surface area contributed by atoms with Crippen LogP contribution in [-0.4, -0.2) is 65.1 Å². The molecule has 2 saturated heterocycles. The third-order valence-corrected chi connectivity index (χ3v) is 5.70. The van der Waals surface area contributed by atoms with Crippen molar-refractivity contribution in [3.63, 3.8) is 0 Å². The van der Waals surface area contributed by atoms with Gasteiger partial charge < -0.3 is 19.0 Å². The molecule has 0 N–H and O–H groups in total. The van der Waals surface area contributed by atoms with Crippen LogP contribution in [0.5, 0.6) is 0 Å². The molecule has 3 heterocycles. The lowest BCUT2D eigenvalue weighted by Crippen LogP contribution is -2.54. The highest BCUT2D eigenvalue weighted by Crippen LogP contribution is 2.37. The molecule has 6 nitrogen and oxygen atoms in total. The lowest BCUT2D eigenvalue weighted by Gasteiger charge is -2.48. The molecule has 1 aromatic heterocycles. The Balaban J connectivity index is 1.61. The van der Waals surface area contributed by atoms with Gasteiger partial charge in [-0.25, -0.2) is 4.98 Å². The second-order valence-electron chi connectivity index (χ2n) is 6.96. The van der Waals surface area contributed by atoms with Crippen molar-refractivity contribution in [2.24, 2.45) is 0 Å². The molecule has 1 spiro atoms. The molecule has 1 unspecified atom stereocenters. The number of carbonyl (C=O) groups excluding carboxylic acids is 1. The fourth-order valence-electron chi connectivity index (χ4n) is 4.17. The van der Waals surface area contributed by atoms with E-state index < -0.39 is 0 Å². The van der Waals surface area contributed by atoms with Crippen molar-refractivity contribution < 1.29 is 13.9 Å². The Hall–Kier alpha value is -1.40. The van der Waals surface area contributed by atoms with Crippen molar-refractivity contribution in [2.75, 3.05) is 32.8 Å². The first kappa shape index (κ1) is 17.4. The van der Waals surface area contributed by atoms with Crippen LogP contribution in [0.4, 0.5) is 0 Å². The summed E-state index contributed by atoms with van der Waals surface area (Å²) in [5.74, 6) is 0.326. The molecule has 0 aromatic carbocycles. The number of oxazole rings is 1. The van der Waals surface area contributed by atoms with Crippen LogP contribution >= 0.6 is 0 Å². The van der Waals surface area contributed by atoms with Crippen LogP contribution in [0.3, 0.4) is 0 Å². The van der Waals surface area contributed by atoms with Gasteiger partial charge in [0.2, 0.25) is 5.76 Å². The van der Waals surface area contributed by atoms with Gasteiger partial charge in [0.1, 0.15) is 0 Å². The first-order valence-electron chi connectivity index (χ1n) is 9.16. The molecule has 0 aliphatic carbocycles. The Morgan fingerprint density at radius 2 is 2.08 bits per heavy atom. The number of aromatic nitrogens is 1. The fraction of sp³-hybridized carbons (Fsp3) is 0.778. The molecule has 0 bridgehead atoms. The van der Waals surface area contributed by atoms with Gasteiger partial charge in [-0.2, -0.15) is 0 Å². The predicted octanol–water partition coefficient (Wildman–Crippen LogP) is 2.48. The van der Waals surface area contributed by atoms with E-state index in [-0.39, 0.29) is 11.5 Å². The van der Waals surface area contributed by atoms with E-state index in [9.17, 15) is 4.79 Å². The van der Waals surface area contributed by atoms with Gasteiger partial charge in [-0.05, 0) is 45.7 Å². The lowest BCUT2D eigenvalue weighted by atomic mass is 9.81. The minimum Gasteiger partial charge on any atom is -0.438 e. The van der Waals surface area contributed by atoms with Gasteiger partial charge in [-0.3, -0.25) is 4.79 Å². The number of rotatable bonds is 4. The quantitative estimate of drug-likeness (QED) is 0.846. The molecule has 6 heteroatoms. The molecule has 1 atom stereocenters. The Labute approximate surface area is 144 Å². The SMILES string of the molecule is CCN(CC)C1CCOC2(CCN(C(=O)c3ocnc3C)CC2)C1. The smallest absolute Gasteiger partial charge is 0.291 e. The van der Waals surface area contributed by atoms with E-state index in [0.29, 0.717) is 17.5 Å². The van der Waals surface area contributed by atoms with E-state index in [1.54, 1.807) is 6.92 Å². The van der Waals surface area contributed by atoms with Crippen molar-refractivity contribution in [2.45, 2.75) is 58.1 Å². The Bertz CT molecular complexity index is 560. The number of aryl methyl sites for hydroxylation is 1. The molecule has 1 amide bonds. The molecule has 2 aliphatic rings. The zero-order valence-corrected chi connectivity index (χ0v) is 15.1. The third-order valence-electron chi connectivity index (χ3n) is 5.70. The Kier molecular flexibility index (Phi) is 5.25. The largest absolute Gasteiger partial charge is 0.438 e. The number of amides is 1. The molecule has 134 valence electrons. The zero-order chi connectivity index (χ0) is 17.2. The average Bonchev–Trinajstić information content (AvgIpc) is 3.02. The van der Waals surface area contributed by atoms with Crippen LogP contribution in [0.15, 0.2) is 10.8 Å². The normalized spacial score (nSPS) is 23.8. The van der Waals surface area contributed by atoms with Crippen LogP contribution in [0.1, 0.15) is 55.8 Å². The van der Waals surface area contributed by atoms with Crippen LogP contribution in [0.2, 0.25) is 0 Å². The summed E-state index contributed by atoms with van der Waals surface area (Å²) in [6.45, 7) is 10.7. The van der Waals surface area contributed by atoms with Crippen LogP contribution in [-0.2, 0) is 4.74 Å². The number of hydrogen-bond acceptors (Lipinski definition) is 5. The number of likely N-dealkylation sites (tertiary alicyclic amines) is 1.